The summed E-state index contributed by atoms with van der Waals surface area (Å²) in [5.41, 5.74) is 12.2. The highest BCUT2D eigenvalue weighted by Gasteiger charge is 2.23. The Hall–Kier alpha value is -2.02. The number of amides is 2. The number of hydrogen-bond acceptors (Lipinski definition) is 4. The number of rotatable bonds is 4. The number of aromatic nitrogens is 1. The smallest absolute Gasteiger partial charge is 0.270 e. The van der Waals surface area contributed by atoms with Gasteiger partial charge in [-0.25, -0.2) is 0 Å². The molecule has 0 radical (unpaired) electrons. The van der Waals surface area contributed by atoms with Crippen LogP contribution in [0.1, 0.15) is 23.8 Å². The van der Waals surface area contributed by atoms with Crippen LogP contribution in [0.3, 0.4) is 0 Å². The molecule has 0 bridgehead atoms. The highest BCUT2D eigenvalue weighted by atomic mass is 16.2. The Morgan fingerprint density at radius 3 is 2.67 bits per heavy atom. The molecule has 7 heteroatoms. The molecule has 2 heterocycles. The molecule has 0 spiro atoms. The number of carbonyl (C=O) groups is 2. The summed E-state index contributed by atoms with van der Waals surface area (Å²) in [6.45, 7) is 5.66. The Labute approximate surface area is 124 Å². The predicted octanol–water partition coefficient (Wildman–Crippen LogP) is -0.277. The Bertz CT molecular complexity index is 525. The second kappa shape index (κ2) is 6.62. The first kappa shape index (κ1) is 15.4. The van der Waals surface area contributed by atoms with Crippen LogP contribution in [0.5, 0.6) is 0 Å². The van der Waals surface area contributed by atoms with Gasteiger partial charge in [0.25, 0.3) is 5.91 Å². The molecule has 1 aliphatic rings. The minimum absolute atomic E-state index is 0.00512. The topological polar surface area (TPSA) is 97.6 Å². The highest BCUT2D eigenvalue weighted by molar-refractivity contribution is 5.93. The molecule has 1 aliphatic heterocycles. The van der Waals surface area contributed by atoms with Crippen molar-refractivity contribution in [2.75, 3.05) is 38.5 Å². The van der Waals surface area contributed by atoms with Crippen molar-refractivity contribution in [1.29, 1.82) is 0 Å². The van der Waals surface area contributed by atoms with Crippen molar-refractivity contribution in [2.24, 2.45) is 5.73 Å². The van der Waals surface area contributed by atoms with Gasteiger partial charge in [0.1, 0.15) is 5.69 Å². The number of hydrogen-bond donors (Lipinski definition) is 2. The van der Waals surface area contributed by atoms with Crippen molar-refractivity contribution in [2.45, 2.75) is 19.9 Å². The van der Waals surface area contributed by atoms with E-state index in [4.69, 9.17) is 11.5 Å². The van der Waals surface area contributed by atoms with Gasteiger partial charge < -0.3 is 20.9 Å². The largest absolute Gasteiger partial charge is 0.397 e. The van der Waals surface area contributed by atoms with Crippen molar-refractivity contribution in [3.8, 4) is 0 Å². The molecule has 0 aliphatic carbocycles. The van der Waals surface area contributed by atoms with Gasteiger partial charge in [-0.15, -0.1) is 0 Å². The average molecular weight is 293 g/mol. The molecule has 4 N–H and O–H groups in total. The molecule has 0 unspecified atom stereocenters. The first-order valence-electron chi connectivity index (χ1n) is 7.27. The number of carbonyl (C=O) groups excluding carboxylic acids is 2. The number of anilines is 1. The summed E-state index contributed by atoms with van der Waals surface area (Å²) in [4.78, 5) is 27.4. The summed E-state index contributed by atoms with van der Waals surface area (Å²) in [6, 6.07) is 1.72. The fraction of sp³-hybridized carbons (Fsp3) is 0.571. The zero-order valence-electron chi connectivity index (χ0n) is 12.4. The van der Waals surface area contributed by atoms with Gasteiger partial charge in [-0.05, 0) is 19.4 Å². The van der Waals surface area contributed by atoms with Gasteiger partial charge in [-0.3, -0.25) is 14.5 Å². The molecule has 2 amide bonds. The maximum atomic E-state index is 12.6. The quantitative estimate of drug-likeness (QED) is 0.798. The minimum Gasteiger partial charge on any atom is -0.397 e. The average Bonchev–Trinajstić information content (AvgIpc) is 2.66. The number of nitrogens with two attached hydrogens (primary N) is 2. The van der Waals surface area contributed by atoms with Crippen molar-refractivity contribution in [3.63, 3.8) is 0 Å². The lowest BCUT2D eigenvalue weighted by Crippen LogP contribution is -2.38. The molecule has 1 aromatic rings. The van der Waals surface area contributed by atoms with Crippen LogP contribution in [0, 0.1) is 0 Å². The normalized spacial score (nSPS) is 16.7. The van der Waals surface area contributed by atoms with Crippen molar-refractivity contribution >= 4 is 17.5 Å². The monoisotopic (exact) mass is 293 g/mol. The second-order valence-corrected chi connectivity index (χ2v) is 5.33. The fourth-order valence-corrected chi connectivity index (χ4v) is 2.69. The van der Waals surface area contributed by atoms with Crippen LogP contribution in [0.4, 0.5) is 5.69 Å². The Morgan fingerprint density at radius 2 is 2.00 bits per heavy atom. The number of nitrogens with zero attached hydrogens (tertiary/aromatic N) is 3. The predicted molar refractivity (Wildman–Crippen MR) is 80.7 cm³/mol. The first-order valence-corrected chi connectivity index (χ1v) is 7.27. The van der Waals surface area contributed by atoms with E-state index in [0.717, 1.165) is 13.0 Å². The molecule has 116 valence electrons. The third kappa shape index (κ3) is 3.75. The van der Waals surface area contributed by atoms with E-state index in [1.807, 2.05) is 21.3 Å². The molecule has 1 fully saturated rings. The van der Waals surface area contributed by atoms with Gasteiger partial charge in [0.15, 0.2) is 0 Å². The maximum absolute atomic E-state index is 12.6. The summed E-state index contributed by atoms with van der Waals surface area (Å²) < 4.78 is 1.86. The Balaban J connectivity index is 2.04. The van der Waals surface area contributed by atoms with Crippen LogP contribution in [-0.4, -0.2) is 58.9 Å². The van der Waals surface area contributed by atoms with E-state index < -0.39 is 0 Å². The maximum Gasteiger partial charge on any atom is 0.270 e. The summed E-state index contributed by atoms with van der Waals surface area (Å²) in [7, 11) is 0. The molecule has 21 heavy (non-hydrogen) atoms. The van der Waals surface area contributed by atoms with Crippen LogP contribution >= 0.6 is 0 Å². The molecule has 0 aromatic carbocycles. The molecular weight excluding hydrogens is 270 g/mol. The summed E-state index contributed by atoms with van der Waals surface area (Å²) in [6.07, 6.45) is 2.62. The van der Waals surface area contributed by atoms with Gasteiger partial charge in [-0.1, -0.05) is 0 Å². The van der Waals surface area contributed by atoms with E-state index in [-0.39, 0.29) is 18.4 Å². The van der Waals surface area contributed by atoms with Gasteiger partial charge >= 0.3 is 0 Å². The van der Waals surface area contributed by atoms with Crippen LogP contribution in [-0.2, 0) is 11.3 Å². The lowest BCUT2D eigenvalue weighted by Gasteiger charge is -2.21. The molecular formula is C14H23N5O2. The molecule has 2 rings (SSSR count). The lowest BCUT2D eigenvalue weighted by molar-refractivity contribution is -0.119. The Morgan fingerprint density at radius 1 is 1.24 bits per heavy atom. The third-order valence-electron chi connectivity index (χ3n) is 3.73. The second-order valence-electron chi connectivity index (χ2n) is 5.33. The van der Waals surface area contributed by atoms with E-state index in [2.05, 4.69) is 0 Å². The van der Waals surface area contributed by atoms with E-state index in [0.29, 0.717) is 37.6 Å². The molecule has 1 saturated heterocycles. The van der Waals surface area contributed by atoms with E-state index in [1.165, 1.54) is 0 Å². The Kier molecular flexibility index (Phi) is 4.85. The van der Waals surface area contributed by atoms with Gasteiger partial charge in [0.05, 0.1) is 12.2 Å². The fourth-order valence-electron chi connectivity index (χ4n) is 2.69. The first-order chi connectivity index (χ1) is 10.0. The molecule has 0 saturated carbocycles. The van der Waals surface area contributed by atoms with Crippen LogP contribution in [0.15, 0.2) is 12.3 Å². The van der Waals surface area contributed by atoms with E-state index in [9.17, 15) is 9.59 Å². The van der Waals surface area contributed by atoms with Crippen molar-refractivity contribution in [1.82, 2.24) is 14.4 Å². The molecule has 1 aromatic heterocycles. The SMILES string of the molecule is CCn1cc(N)cc1C(=O)N1CCCN(CC(N)=O)CC1. The third-order valence-corrected chi connectivity index (χ3v) is 3.73. The summed E-state index contributed by atoms with van der Waals surface area (Å²) in [5.74, 6) is -0.336. The van der Waals surface area contributed by atoms with E-state index >= 15 is 0 Å². The van der Waals surface area contributed by atoms with Crippen molar-refractivity contribution < 1.29 is 9.59 Å². The molecule has 7 nitrogen and oxygen atoms in total. The number of primary amides is 1. The zero-order chi connectivity index (χ0) is 15.4. The van der Waals surface area contributed by atoms with E-state index in [1.54, 1.807) is 12.3 Å². The van der Waals surface area contributed by atoms with Crippen LogP contribution < -0.4 is 11.5 Å². The van der Waals surface area contributed by atoms with Gasteiger partial charge in [0, 0.05) is 38.9 Å². The van der Waals surface area contributed by atoms with Gasteiger partial charge in [-0.2, -0.15) is 0 Å². The minimum atomic E-state index is -0.331. The van der Waals surface area contributed by atoms with Crippen molar-refractivity contribution in [3.05, 3.63) is 18.0 Å². The van der Waals surface area contributed by atoms with Crippen LogP contribution in [0.25, 0.3) is 0 Å². The zero-order valence-corrected chi connectivity index (χ0v) is 12.4. The highest BCUT2D eigenvalue weighted by Crippen LogP contribution is 2.14. The standard InChI is InChI=1S/C14H23N5O2/c1-2-18-9-11(15)8-12(18)14(21)19-5-3-4-17(6-7-19)10-13(16)20/h8-9H,2-7,10,15H2,1H3,(H2,16,20). The summed E-state index contributed by atoms with van der Waals surface area (Å²) in [5, 5.41) is 0. The number of aryl methyl sites for hydroxylation is 1. The van der Waals surface area contributed by atoms with Gasteiger partial charge in [0.2, 0.25) is 5.91 Å². The van der Waals surface area contributed by atoms with Crippen LogP contribution in [0.2, 0.25) is 0 Å². The molecule has 0 atom stereocenters. The number of nitrogen functional groups attached to an aromatic ring is 1. The lowest BCUT2D eigenvalue weighted by atomic mass is 10.3. The summed E-state index contributed by atoms with van der Waals surface area (Å²) >= 11 is 0.